The molecule has 1 saturated heterocycles. The van der Waals surface area contributed by atoms with Crippen molar-refractivity contribution in [2.75, 3.05) is 13.1 Å². The van der Waals surface area contributed by atoms with Gasteiger partial charge in [-0.2, -0.15) is 0 Å². The Morgan fingerprint density at radius 2 is 1.96 bits per heavy atom. The zero-order valence-corrected chi connectivity index (χ0v) is 15.2. The molecular formula is C19H27FN2O3. The molecule has 1 unspecified atom stereocenters. The number of nitrogens with zero attached hydrogens (tertiary/aromatic N) is 1. The minimum Gasteiger partial charge on any atom is -0.444 e. The van der Waals surface area contributed by atoms with Crippen molar-refractivity contribution in [1.82, 2.24) is 10.2 Å². The summed E-state index contributed by atoms with van der Waals surface area (Å²) in [5.41, 5.74) is 0.441. The van der Waals surface area contributed by atoms with Crippen LogP contribution in [0.1, 0.15) is 58.1 Å². The third kappa shape index (κ3) is 6.03. The fraction of sp³-hybridized carbons (Fsp3) is 0.579. The van der Waals surface area contributed by atoms with Gasteiger partial charge in [0.05, 0.1) is 6.04 Å². The van der Waals surface area contributed by atoms with Crippen LogP contribution in [0.15, 0.2) is 24.3 Å². The molecule has 138 valence electrons. The van der Waals surface area contributed by atoms with Gasteiger partial charge in [-0.3, -0.25) is 4.79 Å². The van der Waals surface area contributed by atoms with Crippen LogP contribution < -0.4 is 5.32 Å². The van der Waals surface area contributed by atoms with Crippen molar-refractivity contribution >= 4 is 12.0 Å². The number of rotatable bonds is 5. The zero-order chi connectivity index (χ0) is 18.4. The molecule has 0 saturated carbocycles. The molecular weight excluding hydrogens is 323 g/mol. The lowest BCUT2D eigenvalue weighted by Crippen LogP contribution is -2.34. The van der Waals surface area contributed by atoms with Gasteiger partial charge in [0.25, 0.3) is 0 Å². The van der Waals surface area contributed by atoms with Crippen LogP contribution in [0.2, 0.25) is 0 Å². The Morgan fingerprint density at radius 1 is 1.28 bits per heavy atom. The van der Waals surface area contributed by atoms with E-state index >= 15 is 0 Å². The molecule has 25 heavy (non-hydrogen) atoms. The van der Waals surface area contributed by atoms with Crippen LogP contribution in [0.25, 0.3) is 0 Å². The molecule has 0 spiro atoms. The van der Waals surface area contributed by atoms with E-state index in [0.29, 0.717) is 19.4 Å². The van der Waals surface area contributed by atoms with Crippen molar-refractivity contribution in [2.45, 2.75) is 58.1 Å². The lowest BCUT2D eigenvalue weighted by Gasteiger charge is -2.25. The standard InChI is InChI=1S/C19H27FN2O3/c1-19(2,3)25-18(24)21-12-4-7-17(23)22-13-5-6-16(22)14-8-10-15(20)11-9-14/h8-11,16H,4-7,12-13H2,1-3H3,(H,21,24). The van der Waals surface area contributed by atoms with Gasteiger partial charge in [-0.1, -0.05) is 12.1 Å². The molecule has 1 aromatic rings. The Labute approximate surface area is 148 Å². The summed E-state index contributed by atoms with van der Waals surface area (Å²) in [5, 5.41) is 2.66. The smallest absolute Gasteiger partial charge is 0.407 e. The minimum absolute atomic E-state index is 0.0203. The first-order valence-corrected chi connectivity index (χ1v) is 8.78. The van der Waals surface area contributed by atoms with E-state index in [9.17, 15) is 14.0 Å². The fourth-order valence-electron chi connectivity index (χ4n) is 2.98. The lowest BCUT2D eigenvalue weighted by molar-refractivity contribution is -0.132. The molecule has 0 aliphatic carbocycles. The summed E-state index contributed by atoms with van der Waals surface area (Å²) in [6, 6.07) is 6.37. The van der Waals surface area contributed by atoms with Crippen LogP contribution in [0.4, 0.5) is 9.18 Å². The minimum atomic E-state index is -0.530. The van der Waals surface area contributed by atoms with Crippen molar-refractivity contribution in [2.24, 2.45) is 0 Å². The first-order chi connectivity index (χ1) is 11.8. The predicted octanol–water partition coefficient (Wildman–Crippen LogP) is 3.79. The maximum atomic E-state index is 13.1. The predicted molar refractivity (Wildman–Crippen MR) is 93.6 cm³/mol. The van der Waals surface area contributed by atoms with Crippen LogP contribution in [-0.2, 0) is 9.53 Å². The van der Waals surface area contributed by atoms with Gasteiger partial charge in [-0.25, -0.2) is 9.18 Å². The van der Waals surface area contributed by atoms with E-state index in [1.807, 2.05) is 4.90 Å². The van der Waals surface area contributed by atoms with Gasteiger partial charge >= 0.3 is 6.09 Å². The van der Waals surface area contributed by atoms with Crippen LogP contribution in [0.5, 0.6) is 0 Å². The van der Waals surface area contributed by atoms with E-state index in [-0.39, 0.29) is 17.8 Å². The molecule has 0 aromatic heterocycles. The van der Waals surface area contributed by atoms with Crippen molar-refractivity contribution in [1.29, 1.82) is 0 Å². The highest BCUT2D eigenvalue weighted by molar-refractivity contribution is 5.77. The molecule has 0 radical (unpaired) electrons. The van der Waals surface area contributed by atoms with Crippen molar-refractivity contribution in [3.63, 3.8) is 0 Å². The third-order valence-corrected chi connectivity index (χ3v) is 4.06. The number of hydrogen-bond donors (Lipinski definition) is 1. The summed E-state index contributed by atoms with van der Waals surface area (Å²) in [6.07, 6.45) is 2.31. The summed E-state index contributed by atoms with van der Waals surface area (Å²) in [5.74, 6) is -0.203. The second-order valence-corrected chi connectivity index (χ2v) is 7.33. The molecule has 0 bridgehead atoms. The summed E-state index contributed by atoms with van der Waals surface area (Å²) in [7, 11) is 0. The Bertz CT molecular complexity index is 596. The molecule has 1 fully saturated rings. The van der Waals surface area contributed by atoms with Crippen LogP contribution in [0, 0.1) is 5.82 Å². The molecule has 1 heterocycles. The molecule has 1 aromatic carbocycles. The number of amides is 2. The number of nitrogens with one attached hydrogen (secondary N) is 1. The molecule has 1 atom stereocenters. The molecule has 2 rings (SSSR count). The third-order valence-electron chi connectivity index (χ3n) is 4.06. The quantitative estimate of drug-likeness (QED) is 0.822. The highest BCUT2D eigenvalue weighted by Gasteiger charge is 2.29. The van der Waals surface area contributed by atoms with E-state index in [4.69, 9.17) is 4.74 Å². The van der Waals surface area contributed by atoms with Crippen LogP contribution >= 0.6 is 0 Å². The maximum absolute atomic E-state index is 13.1. The van der Waals surface area contributed by atoms with Gasteiger partial charge in [-0.15, -0.1) is 0 Å². The second kappa shape index (κ2) is 8.32. The number of ether oxygens (including phenoxy) is 1. The largest absolute Gasteiger partial charge is 0.444 e. The number of carbonyl (C=O) groups is 2. The SMILES string of the molecule is CC(C)(C)OC(=O)NCCCC(=O)N1CCCC1c1ccc(F)cc1. The molecule has 1 aliphatic heterocycles. The first kappa shape index (κ1) is 19.2. The number of carbonyl (C=O) groups excluding carboxylic acids is 2. The van der Waals surface area contributed by atoms with E-state index < -0.39 is 11.7 Å². The Balaban J connectivity index is 1.78. The number of alkyl carbamates (subject to hydrolysis) is 1. The van der Waals surface area contributed by atoms with E-state index in [1.54, 1.807) is 32.9 Å². The molecule has 1 N–H and O–H groups in total. The van der Waals surface area contributed by atoms with Gasteiger partial charge in [0.1, 0.15) is 11.4 Å². The topological polar surface area (TPSA) is 58.6 Å². The summed E-state index contributed by atoms with van der Waals surface area (Å²) in [4.78, 5) is 25.9. The average Bonchev–Trinajstić information content (AvgIpc) is 3.00. The van der Waals surface area contributed by atoms with Gasteiger partial charge < -0.3 is 15.0 Å². The molecule has 5 nitrogen and oxygen atoms in total. The number of hydrogen-bond acceptors (Lipinski definition) is 3. The Hall–Kier alpha value is -2.11. The van der Waals surface area contributed by atoms with Gasteiger partial charge in [-0.05, 0) is 57.7 Å². The highest BCUT2D eigenvalue weighted by atomic mass is 19.1. The number of halogens is 1. The van der Waals surface area contributed by atoms with Crippen molar-refractivity contribution in [3.8, 4) is 0 Å². The van der Waals surface area contributed by atoms with Crippen molar-refractivity contribution in [3.05, 3.63) is 35.6 Å². The molecule has 2 amide bonds. The normalized spacial score (nSPS) is 17.4. The van der Waals surface area contributed by atoms with Crippen LogP contribution in [0.3, 0.4) is 0 Å². The Kier molecular flexibility index (Phi) is 6.39. The molecule has 1 aliphatic rings. The van der Waals surface area contributed by atoms with E-state index in [2.05, 4.69) is 5.32 Å². The zero-order valence-electron chi connectivity index (χ0n) is 15.2. The molecule has 6 heteroatoms. The van der Waals surface area contributed by atoms with Crippen molar-refractivity contribution < 1.29 is 18.7 Å². The Morgan fingerprint density at radius 3 is 2.60 bits per heavy atom. The van der Waals surface area contributed by atoms with Gasteiger partial charge in [0, 0.05) is 19.5 Å². The summed E-state index contributed by atoms with van der Waals surface area (Å²) in [6.45, 7) is 6.54. The highest BCUT2D eigenvalue weighted by Crippen LogP contribution is 2.32. The van der Waals surface area contributed by atoms with Gasteiger partial charge in [0.2, 0.25) is 5.91 Å². The van der Waals surface area contributed by atoms with Gasteiger partial charge in [0.15, 0.2) is 0 Å². The fourth-order valence-corrected chi connectivity index (χ4v) is 2.98. The monoisotopic (exact) mass is 350 g/mol. The summed E-state index contributed by atoms with van der Waals surface area (Å²) >= 11 is 0. The second-order valence-electron chi connectivity index (χ2n) is 7.33. The lowest BCUT2D eigenvalue weighted by atomic mass is 10.0. The summed E-state index contributed by atoms with van der Waals surface area (Å²) < 4.78 is 18.2. The first-order valence-electron chi connectivity index (χ1n) is 8.78. The van der Waals surface area contributed by atoms with E-state index in [0.717, 1.165) is 24.9 Å². The average molecular weight is 350 g/mol. The number of benzene rings is 1. The maximum Gasteiger partial charge on any atom is 0.407 e. The van der Waals surface area contributed by atoms with Crippen LogP contribution in [-0.4, -0.2) is 35.6 Å². The number of likely N-dealkylation sites (tertiary alicyclic amines) is 1. The van der Waals surface area contributed by atoms with E-state index in [1.165, 1.54) is 12.1 Å².